The van der Waals surface area contributed by atoms with Gasteiger partial charge >= 0.3 is 0 Å². The normalized spacial score (nSPS) is 51.9. The zero-order valence-corrected chi connectivity index (χ0v) is 10.5. The summed E-state index contributed by atoms with van der Waals surface area (Å²) in [4.78, 5) is 0. The highest BCUT2D eigenvalue weighted by Crippen LogP contribution is 2.81. The van der Waals surface area contributed by atoms with Crippen molar-refractivity contribution in [3.05, 3.63) is 12.2 Å². The second kappa shape index (κ2) is 2.52. The number of hydrogen-bond acceptors (Lipinski definition) is 0. The fourth-order valence-corrected chi connectivity index (χ4v) is 5.31. The van der Waals surface area contributed by atoms with Crippen LogP contribution in [0.4, 0.5) is 0 Å². The highest BCUT2D eigenvalue weighted by atomic mass is 14.8. The van der Waals surface area contributed by atoms with E-state index in [-0.39, 0.29) is 0 Å². The quantitative estimate of drug-likeness (QED) is 0.507. The van der Waals surface area contributed by atoms with Crippen LogP contribution in [0.25, 0.3) is 0 Å². The van der Waals surface area contributed by atoms with E-state index in [0.717, 1.165) is 5.92 Å². The van der Waals surface area contributed by atoms with Crippen LogP contribution in [0, 0.1) is 22.2 Å². The van der Waals surface area contributed by atoms with Crippen molar-refractivity contribution in [1.82, 2.24) is 0 Å². The first-order valence-corrected chi connectivity index (χ1v) is 6.61. The first kappa shape index (κ1) is 9.93. The van der Waals surface area contributed by atoms with E-state index in [0.29, 0.717) is 16.2 Å². The Bertz CT molecular complexity index is 325. The van der Waals surface area contributed by atoms with Gasteiger partial charge in [0.2, 0.25) is 0 Å². The Morgan fingerprint density at radius 3 is 2.60 bits per heavy atom. The molecule has 0 aromatic carbocycles. The molecule has 84 valence electrons. The number of allylic oxidation sites excluding steroid dienone is 1. The molecule has 3 rings (SSSR count). The summed E-state index contributed by atoms with van der Waals surface area (Å²) in [5.74, 6) is 0.881. The molecule has 1 spiro atoms. The van der Waals surface area contributed by atoms with Crippen molar-refractivity contribution >= 4 is 0 Å². The lowest BCUT2D eigenvalue weighted by Gasteiger charge is -2.55. The van der Waals surface area contributed by atoms with Gasteiger partial charge in [-0.3, -0.25) is 0 Å². The van der Waals surface area contributed by atoms with Crippen LogP contribution in [-0.4, -0.2) is 0 Å². The largest absolute Gasteiger partial charge is 0.0996 e. The summed E-state index contributed by atoms with van der Waals surface area (Å²) in [7, 11) is 0. The van der Waals surface area contributed by atoms with Crippen LogP contribution >= 0.6 is 0 Å². The van der Waals surface area contributed by atoms with E-state index >= 15 is 0 Å². The molecule has 0 nitrogen and oxygen atoms in total. The molecule has 0 radical (unpaired) electrons. The molecule has 3 fully saturated rings. The molecule has 3 aliphatic carbocycles. The maximum atomic E-state index is 4.32. The second-order valence-electron chi connectivity index (χ2n) is 7.18. The molecule has 0 heterocycles. The second-order valence-corrected chi connectivity index (χ2v) is 7.18. The fraction of sp³-hybridized carbons (Fsp3) is 0.867. The zero-order valence-electron chi connectivity index (χ0n) is 10.5. The van der Waals surface area contributed by atoms with Crippen LogP contribution in [0.2, 0.25) is 0 Å². The SMILES string of the molecule is C=C1CC[C@]2(C)CCCC(C)(C)[C@@]23C[C@@H]13. The Kier molecular flexibility index (Phi) is 1.67. The molecular weight excluding hydrogens is 180 g/mol. The van der Waals surface area contributed by atoms with Gasteiger partial charge < -0.3 is 0 Å². The summed E-state index contributed by atoms with van der Waals surface area (Å²) in [5, 5.41) is 0. The third-order valence-corrected chi connectivity index (χ3v) is 6.27. The molecule has 0 aliphatic heterocycles. The Morgan fingerprint density at radius 1 is 1.13 bits per heavy atom. The Morgan fingerprint density at radius 2 is 1.87 bits per heavy atom. The zero-order chi connectivity index (χ0) is 10.9. The molecule has 0 aromatic heterocycles. The summed E-state index contributed by atoms with van der Waals surface area (Å²) < 4.78 is 0. The van der Waals surface area contributed by atoms with E-state index in [1.165, 1.54) is 38.5 Å². The maximum absolute atomic E-state index is 4.32. The molecule has 0 amide bonds. The maximum Gasteiger partial charge on any atom is -0.0121 e. The fourth-order valence-electron chi connectivity index (χ4n) is 5.31. The van der Waals surface area contributed by atoms with Crippen LogP contribution in [0.15, 0.2) is 12.2 Å². The van der Waals surface area contributed by atoms with Crippen molar-refractivity contribution in [2.45, 2.75) is 59.3 Å². The van der Waals surface area contributed by atoms with Gasteiger partial charge in [-0.25, -0.2) is 0 Å². The van der Waals surface area contributed by atoms with Crippen molar-refractivity contribution in [3.8, 4) is 0 Å². The predicted octanol–water partition coefficient (Wildman–Crippen LogP) is 4.56. The smallest absolute Gasteiger partial charge is 0.0121 e. The summed E-state index contributed by atoms with van der Waals surface area (Å²) >= 11 is 0. The summed E-state index contributed by atoms with van der Waals surface area (Å²) in [5.41, 5.74) is 3.42. The standard InChI is InChI=1S/C15H24/c1-11-6-9-14(4)8-5-7-13(2,3)15(14)10-12(11)15/h12H,1,5-10H2,2-4H3/t12-,14-,15-/m0/s1. The van der Waals surface area contributed by atoms with E-state index in [9.17, 15) is 0 Å². The summed E-state index contributed by atoms with van der Waals surface area (Å²) in [6, 6.07) is 0. The van der Waals surface area contributed by atoms with E-state index in [2.05, 4.69) is 27.4 Å². The molecule has 0 bridgehead atoms. The monoisotopic (exact) mass is 204 g/mol. The minimum absolute atomic E-state index is 0.564. The number of hydrogen-bond donors (Lipinski definition) is 0. The third-order valence-electron chi connectivity index (χ3n) is 6.27. The van der Waals surface area contributed by atoms with Gasteiger partial charge in [-0.15, -0.1) is 0 Å². The van der Waals surface area contributed by atoms with Crippen molar-refractivity contribution in [2.24, 2.45) is 22.2 Å². The molecule has 0 unspecified atom stereocenters. The molecule has 15 heavy (non-hydrogen) atoms. The minimum Gasteiger partial charge on any atom is -0.0996 e. The molecule has 0 saturated heterocycles. The summed E-state index contributed by atoms with van der Waals surface area (Å²) in [6.07, 6.45) is 8.52. The molecule has 0 heteroatoms. The molecule has 3 atom stereocenters. The van der Waals surface area contributed by atoms with Gasteiger partial charge in [0.15, 0.2) is 0 Å². The van der Waals surface area contributed by atoms with Gasteiger partial charge in [-0.1, -0.05) is 39.3 Å². The lowest BCUT2D eigenvalue weighted by atomic mass is 9.49. The molecular formula is C15H24. The Hall–Kier alpha value is -0.260. The molecule has 3 aliphatic rings. The molecule has 0 aromatic rings. The van der Waals surface area contributed by atoms with Gasteiger partial charge in [0.25, 0.3) is 0 Å². The average Bonchev–Trinajstić information content (AvgIpc) is 2.88. The lowest BCUT2D eigenvalue weighted by molar-refractivity contribution is -0.0469. The highest BCUT2D eigenvalue weighted by Gasteiger charge is 2.73. The van der Waals surface area contributed by atoms with Gasteiger partial charge in [0.05, 0.1) is 0 Å². The molecule has 3 saturated carbocycles. The topological polar surface area (TPSA) is 0 Å². The van der Waals surface area contributed by atoms with Crippen LogP contribution < -0.4 is 0 Å². The predicted molar refractivity (Wildman–Crippen MR) is 64.7 cm³/mol. The number of rotatable bonds is 0. The van der Waals surface area contributed by atoms with E-state index in [4.69, 9.17) is 0 Å². The first-order valence-electron chi connectivity index (χ1n) is 6.61. The van der Waals surface area contributed by atoms with Crippen LogP contribution in [0.3, 0.4) is 0 Å². The van der Waals surface area contributed by atoms with E-state index < -0.39 is 0 Å². The van der Waals surface area contributed by atoms with Gasteiger partial charge in [-0.2, -0.15) is 0 Å². The Labute approximate surface area is 94.1 Å². The van der Waals surface area contributed by atoms with Crippen LogP contribution in [0.5, 0.6) is 0 Å². The van der Waals surface area contributed by atoms with Crippen LogP contribution in [0.1, 0.15) is 59.3 Å². The van der Waals surface area contributed by atoms with Gasteiger partial charge in [0.1, 0.15) is 0 Å². The van der Waals surface area contributed by atoms with Gasteiger partial charge in [-0.05, 0) is 54.3 Å². The van der Waals surface area contributed by atoms with Crippen LogP contribution in [-0.2, 0) is 0 Å². The van der Waals surface area contributed by atoms with Crippen molar-refractivity contribution in [1.29, 1.82) is 0 Å². The molecule has 0 N–H and O–H groups in total. The minimum atomic E-state index is 0.564. The van der Waals surface area contributed by atoms with Crippen molar-refractivity contribution in [2.75, 3.05) is 0 Å². The third kappa shape index (κ3) is 0.946. The van der Waals surface area contributed by atoms with Gasteiger partial charge in [0, 0.05) is 0 Å². The Balaban J connectivity index is 2.06. The highest BCUT2D eigenvalue weighted by molar-refractivity contribution is 5.31. The average molecular weight is 204 g/mol. The first-order chi connectivity index (χ1) is 6.93. The van der Waals surface area contributed by atoms with Crippen molar-refractivity contribution in [3.63, 3.8) is 0 Å². The van der Waals surface area contributed by atoms with Crippen molar-refractivity contribution < 1.29 is 0 Å². The van der Waals surface area contributed by atoms with E-state index in [1.807, 2.05) is 0 Å². The lowest BCUT2D eigenvalue weighted by Crippen LogP contribution is -2.47. The van der Waals surface area contributed by atoms with E-state index in [1.54, 1.807) is 5.57 Å². The summed E-state index contributed by atoms with van der Waals surface area (Å²) in [6.45, 7) is 11.9.